The van der Waals surface area contributed by atoms with Crippen LogP contribution in [0.5, 0.6) is 11.5 Å². The third-order valence-electron chi connectivity index (χ3n) is 9.48. The monoisotopic (exact) mass is 630 g/mol. The van der Waals surface area contributed by atoms with Crippen molar-refractivity contribution in [3.8, 4) is 11.5 Å². The summed E-state index contributed by atoms with van der Waals surface area (Å²) >= 11 is 1.79. The van der Waals surface area contributed by atoms with E-state index in [0.717, 1.165) is 45.9 Å². The second-order valence-electron chi connectivity index (χ2n) is 12.0. The highest BCUT2D eigenvalue weighted by Gasteiger charge is 2.53. The molecule has 0 saturated carbocycles. The number of aryl methyl sites for hydroxylation is 1. The Balaban J connectivity index is 1.30. The lowest BCUT2D eigenvalue weighted by Crippen LogP contribution is -2.38. The predicted octanol–water partition coefficient (Wildman–Crippen LogP) is 10.5. The van der Waals surface area contributed by atoms with Crippen LogP contribution in [0.3, 0.4) is 0 Å². The zero-order chi connectivity index (χ0) is 31.7. The Labute approximate surface area is 278 Å². The molecular weight excluding hydrogens is 601 g/mol. The van der Waals surface area contributed by atoms with E-state index in [-0.39, 0.29) is 5.97 Å². The second-order valence-corrected chi connectivity index (χ2v) is 13.1. The minimum absolute atomic E-state index is 0.333. The molecule has 228 valence electrons. The molecule has 0 N–H and O–H groups in total. The zero-order valence-corrected chi connectivity index (χ0v) is 26.8. The molecule has 1 spiro atoms. The van der Waals surface area contributed by atoms with Gasteiger partial charge in [0.1, 0.15) is 11.5 Å². The first-order chi connectivity index (χ1) is 23.1. The summed E-state index contributed by atoms with van der Waals surface area (Å²) < 4.78 is 13.1. The van der Waals surface area contributed by atoms with Crippen molar-refractivity contribution in [2.24, 2.45) is 0 Å². The molecule has 6 aromatic rings. The first-order valence-corrected chi connectivity index (χ1v) is 16.7. The smallest absolute Gasteiger partial charge is 0.340 e. The summed E-state index contributed by atoms with van der Waals surface area (Å²) in [7, 11) is 0. The van der Waals surface area contributed by atoms with Crippen LogP contribution in [-0.4, -0.2) is 5.97 Å². The number of para-hydroxylation sites is 3. The molecule has 9 rings (SSSR count). The molecule has 6 aromatic carbocycles. The van der Waals surface area contributed by atoms with Gasteiger partial charge in [-0.05, 0) is 79.1 Å². The SMILES string of the molecule is CCc1cccc(N(c2ccc3c(c2)Oc2ccccc2C32OC(=O)c3ccccc32)N2c3ccccc3Sc3ccccc32)c1C. The molecule has 0 fully saturated rings. The van der Waals surface area contributed by atoms with Gasteiger partial charge in [-0.25, -0.2) is 14.8 Å². The minimum atomic E-state index is -1.11. The number of hydrazine groups is 1. The topological polar surface area (TPSA) is 42.0 Å². The number of ether oxygens (including phenoxy) is 2. The Morgan fingerprint density at radius 2 is 1.36 bits per heavy atom. The van der Waals surface area contributed by atoms with Crippen LogP contribution in [0, 0.1) is 6.92 Å². The average Bonchev–Trinajstić information content (AvgIpc) is 3.41. The third-order valence-corrected chi connectivity index (χ3v) is 10.6. The molecule has 1 unspecified atom stereocenters. The normalized spacial score (nSPS) is 16.7. The highest BCUT2D eigenvalue weighted by molar-refractivity contribution is 7.99. The van der Waals surface area contributed by atoms with E-state index < -0.39 is 5.60 Å². The molecule has 0 bridgehead atoms. The van der Waals surface area contributed by atoms with E-state index in [1.54, 1.807) is 11.8 Å². The van der Waals surface area contributed by atoms with Crippen LogP contribution in [-0.2, 0) is 16.8 Å². The molecule has 47 heavy (non-hydrogen) atoms. The number of nitrogens with zero attached hydrogens (tertiary/aromatic N) is 2. The number of rotatable bonds is 4. The standard InChI is InChI=1S/C41H30N2O3S/c1-3-27-13-12-19-33(26(27)2)42(43-34-17-7-10-21-38(34)47-39-22-11-8-18-35(39)43)28-23-24-32-37(25-28)45-36-20-9-6-16-31(36)41(32)30-15-5-4-14-29(30)40(44)46-41/h4-25H,3H2,1-2H3. The molecule has 0 aromatic heterocycles. The van der Waals surface area contributed by atoms with Gasteiger partial charge in [-0.1, -0.05) is 91.5 Å². The molecule has 3 aliphatic rings. The third kappa shape index (κ3) is 4.01. The molecule has 3 aliphatic heterocycles. The molecule has 5 nitrogen and oxygen atoms in total. The molecule has 0 amide bonds. The van der Waals surface area contributed by atoms with E-state index in [1.165, 1.54) is 20.9 Å². The number of benzene rings is 6. The number of esters is 1. The number of fused-ring (bicyclic) bond motifs is 8. The van der Waals surface area contributed by atoms with Crippen LogP contribution in [0.2, 0.25) is 0 Å². The summed E-state index contributed by atoms with van der Waals surface area (Å²) in [4.78, 5) is 15.7. The van der Waals surface area contributed by atoms with Gasteiger partial charge in [-0.15, -0.1) is 0 Å². The summed E-state index contributed by atoms with van der Waals surface area (Å²) in [6, 6.07) is 45.4. The van der Waals surface area contributed by atoms with Crippen molar-refractivity contribution in [2.75, 3.05) is 10.0 Å². The summed E-state index contributed by atoms with van der Waals surface area (Å²) in [6.45, 7) is 4.40. The lowest BCUT2D eigenvalue weighted by molar-refractivity contribution is 0.0224. The van der Waals surface area contributed by atoms with Crippen molar-refractivity contribution in [2.45, 2.75) is 35.7 Å². The van der Waals surface area contributed by atoms with Crippen molar-refractivity contribution in [3.63, 3.8) is 0 Å². The van der Waals surface area contributed by atoms with Crippen LogP contribution in [0.4, 0.5) is 22.7 Å². The van der Waals surface area contributed by atoms with Crippen LogP contribution in [0.15, 0.2) is 143 Å². The first kappa shape index (κ1) is 27.8. The van der Waals surface area contributed by atoms with E-state index >= 15 is 0 Å². The van der Waals surface area contributed by atoms with Gasteiger partial charge in [0.25, 0.3) is 0 Å². The van der Waals surface area contributed by atoms with Crippen molar-refractivity contribution in [1.29, 1.82) is 0 Å². The van der Waals surface area contributed by atoms with Gasteiger partial charge in [-0.3, -0.25) is 0 Å². The van der Waals surface area contributed by atoms with Crippen molar-refractivity contribution in [3.05, 3.63) is 167 Å². The Hall–Kier alpha value is -5.46. The summed E-state index contributed by atoms with van der Waals surface area (Å²) in [5.41, 5.74) is 8.59. The number of carbonyl (C=O) groups is 1. The molecule has 1 atom stereocenters. The Kier molecular flexibility index (Phi) is 6.24. The summed E-state index contributed by atoms with van der Waals surface area (Å²) in [6.07, 6.45) is 0.925. The molecule has 0 radical (unpaired) electrons. The fourth-order valence-corrected chi connectivity index (χ4v) is 8.34. The summed E-state index contributed by atoms with van der Waals surface area (Å²) in [5.74, 6) is 0.982. The Morgan fingerprint density at radius 1 is 0.702 bits per heavy atom. The second kappa shape index (κ2) is 10.5. The van der Waals surface area contributed by atoms with Gasteiger partial charge in [0, 0.05) is 32.5 Å². The molecule has 3 heterocycles. The van der Waals surface area contributed by atoms with Crippen LogP contribution < -0.4 is 14.8 Å². The minimum Gasteiger partial charge on any atom is -0.456 e. The Bertz CT molecular complexity index is 2200. The number of anilines is 4. The van der Waals surface area contributed by atoms with E-state index in [2.05, 4.69) is 109 Å². The van der Waals surface area contributed by atoms with Crippen LogP contribution in [0.25, 0.3) is 0 Å². The van der Waals surface area contributed by atoms with E-state index in [9.17, 15) is 4.79 Å². The molecule has 0 saturated heterocycles. The maximum absolute atomic E-state index is 13.4. The maximum Gasteiger partial charge on any atom is 0.340 e. The van der Waals surface area contributed by atoms with Gasteiger partial charge in [0.05, 0.1) is 28.3 Å². The average molecular weight is 631 g/mol. The van der Waals surface area contributed by atoms with Gasteiger partial charge in [0.15, 0.2) is 5.60 Å². The van der Waals surface area contributed by atoms with Crippen molar-refractivity contribution in [1.82, 2.24) is 0 Å². The first-order valence-electron chi connectivity index (χ1n) is 15.9. The number of hydrogen-bond donors (Lipinski definition) is 0. The lowest BCUT2D eigenvalue weighted by atomic mass is 9.77. The zero-order valence-electron chi connectivity index (χ0n) is 25.9. The maximum atomic E-state index is 13.4. The van der Waals surface area contributed by atoms with Crippen molar-refractivity contribution < 1.29 is 14.3 Å². The lowest BCUT2D eigenvalue weighted by Gasteiger charge is -2.43. The highest BCUT2D eigenvalue weighted by atomic mass is 32.2. The predicted molar refractivity (Wildman–Crippen MR) is 187 cm³/mol. The van der Waals surface area contributed by atoms with Gasteiger partial charge >= 0.3 is 5.97 Å². The Morgan fingerprint density at radius 3 is 2.13 bits per heavy atom. The van der Waals surface area contributed by atoms with E-state index in [4.69, 9.17) is 9.47 Å². The summed E-state index contributed by atoms with van der Waals surface area (Å²) in [5, 5.41) is 4.62. The number of hydrogen-bond acceptors (Lipinski definition) is 6. The van der Waals surface area contributed by atoms with E-state index in [1.807, 2.05) is 48.5 Å². The fraction of sp³-hybridized carbons (Fsp3) is 0.0976. The van der Waals surface area contributed by atoms with Gasteiger partial charge < -0.3 is 9.47 Å². The van der Waals surface area contributed by atoms with Crippen LogP contribution in [0.1, 0.15) is 45.1 Å². The van der Waals surface area contributed by atoms with Gasteiger partial charge in [0.2, 0.25) is 0 Å². The largest absolute Gasteiger partial charge is 0.456 e. The van der Waals surface area contributed by atoms with E-state index in [0.29, 0.717) is 17.1 Å². The van der Waals surface area contributed by atoms with Crippen molar-refractivity contribution >= 4 is 40.5 Å². The quantitative estimate of drug-likeness (QED) is 0.181. The molecule has 6 heteroatoms. The number of carbonyl (C=O) groups excluding carboxylic acids is 1. The van der Waals surface area contributed by atoms with Crippen LogP contribution >= 0.6 is 11.8 Å². The van der Waals surface area contributed by atoms with Gasteiger partial charge in [-0.2, -0.15) is 0 Å². The fourth-order valence-electron chi connectivity index (χ4n) is 7.29. The highest BCUT2D eigenvalue weighted by Crippen LogP contribution is 2.57. The molecule has 0 aliphatic carbocycles. The molecular formula is C41H30N2O3S.